The molecule has 0 radical (unpaired) electrons. The molecule has 0 spiro atoms. The van der Waals surface area contributed by atoms with Gasteiger partial charge in [-0.3, -0.25) is 9.88 Å². The van der Waals surface area contributed by atoms with Gasteiger partial charge in [0.25, 0.3) is 0 Å². The van der Waals surface area contributed by atoms with E-state index in [-0.39, 0.29) is 0 Å². The predicted molar refractivity (Wildman–Crippen MR) is 101 cm³/mol. The van der Waals surface area contributed by atoms with Crippen LogP contribution in [0.15, 0.2) is 60.8 Å². The molecule has 4 heteroatoms. The van der Waals surface area contributed by atoms with Crippen LogP contribution in [0.2, 0.25) is 5.02 Å². The second kappa shape index (κ2) is 6.80. The van der Waals surface area contributed by atoms with Gasteiger partial charge in [0.2, 0.25) is 0 Å². The fraction of sp³-hybridized carbons (Fsp3) is 0.250. The zero-order chi connectivity index (χ0) is 16.4. The van der Waals surface area contributed by atoms with E-state index in [9.17, 15) is 0 Å². The number of pyridine rings is 1. The van der Waals surface area contributed by atoms with Gasteiger partial charge in [0.05, 0.1) is 5.52 Å². The molecule has 24 heavy (non-hydrogen) atoms. The van der Waals surface area contributed by atoms with E-state index in [2.05, 4.69) is 51.2 Å². The molecule has 0 saturated carbocycles. The zero-order valence-corrected chi connectivity index (χ0v) is 14.3. The molecule has 0 atom stereocenters. The molecular weight excluding hydrogens is 318 g/mol. The lowest BCUT2D eigenvalue weighted by molar-refractivity contribution is 0.250. The lowest BCUT2D eigenvalue weighted by Gasteiger charge is -2.36. The number of rotatable bonds is 3. The Morgan fingerprint density at radius 2 is 1.71 bits per heavy atom. The summed E-state index contributed by atoms with van der Waals surface area (Å²) >= 11 is 6.19. The van der Waals surface area contributed by atoms with Crippen LogP contribution in [0.4, 0.5) is 5.69 Å². The Labute approximate surface area is 147 Å². The minimum absolute atomic E-state index is 0.763. The number of hydrogen-bond acceptors (Lipinski definition) is 3. The highest BCUT2D eigenvalue weighted by molar-refractivity contribution is 6.31. The molecular formula is C20H20ClN3. The third kappa shape index (κ3) is 3.23. The van der Waals surface area contributed by atoms with Crippen molar-refractivity contribution in [3.05, 3.63) is 71.4 Å². The first-order valence-corrected chi connectivity index (χ1v) is 8.73. The summed E-state index contributed by atoms with van der Waals surface area (Å²) in [4.78, 5) is 9.42. The molecule has 1 saturated heterocycles. The van der Waals surface area contributed by atoms with Gasteiger partial charge in [-0.1, -0.05) is 41.9 Å². The maximum Gasteiger partial charge on any atom is 0.0723 e. The van der Waals surface area contributed by atoms with Gasteiger partial charge in [-0.25, -0.2) is 0 Å². The van der Waals surface area contributed by atoms with E-state index in [4.69, 9.17) is 11.6 Å². The van der Waals surface area contributed by atoms with Crippen LogP contribution in [0.25, 0.3) is 10.9 Å². The van der Waals surface area contributed by atoms with Crippen molar-refractivity contribution in [1.82, 2.24) is 9.88 Å². The number of fused-ring (bicyclic) bond motifs is 1. The summed E-state index contributed by atoms with van der Waals surface area (Å²) in [7, 11) is 0. The Kier molecular flexibility index (Phi) is 4.37. The number of benzene rings is 2. The van der Waals surface area contributed by atoms with E-state index in [1.54, 1.807) is 0 Å². The summed E-state index contributed by atoms with van der Waals surface area (Å²) in [6, 6.07) is 18.7. The van der Waals surface area contributed by atoms with E-state index in [1.807, 2.05) is 24.4 Å². The first-order valence-electron chi connectivity index (χ1n) is 8.35. The van der Waals surface area contributed by atoms with Crippen molar-refractivity contribution in [2.24, 2.45) is 0 Å². The smallest absolute Gasteiger partial charge is 0.0723 e. The second-order valence-electron chi connectivity index (χ2n) is 6.24. The topological polar surface area (TPSA) is 19.4 Å². The standard InChI is InChI=1S/C20H20ClN3/c21-17-6-7-19-18(14-17)20(8-9-22-19)24-12-10-23(11-13-24)15-16-4-2-1-3-5-16/h1-9,14H,10-13,15H2. The Bertz CT molecular complexity index is 827. The highest BCUT2D eigenvalue weighted by Crippen LogP contribution is 2.28. The van der Waals surface area contributed by atoms with Crippen molar-refractivity contribution >= 4 is 28.2 Å². The van der Waals surface area contributed by atoms with Crippen LogP contribution in [0.5, 0.6) is 0 Å². The number of nitrogens with zero attached hydrogens (tertiary/aromatic N) is 3. The Balaban J connectivity index is 1.49. The molecule has 2 aromatic carbocycles. The first-order chi connectivity index (χ1) is 11.8. The molecule has 1 fully saturated rings. The van der Waals surface area contributed by atoms with Gasteiger partial charge in [-0.05, 0) is 29.8 Å². The largest absolute Gasteiger partial charge is 0.368 e. The molecule has 0 N–H and O–H groups in total. The molecule has 0 amide bonds. The summed E-state index contributed by atoms with van der Waals surface area (Å²) < 4.78 is 0. The molecule has 0 bridgehead atoms. The van der Waals surface area contributed by atoms with Crippen LogP contribution in [0.3, 0.4) is 0 Å². The molecule has 4 rings (SSSR count). The molecule has 2 heterocycles. The van der Waals surface area contributed by atoms with Gasteiger partial charge in [0, 0.05) is 55.0 Å². The van der Waals surface area contributed by atoms with Crippen LogP contribution in [0.1, 0.15) is 5.56 Å². The third-order valence-electron chi connectivity index (χ3n) is 4.64. The van der Waals surface area contributed by atoms with Gasteiger partial charge in [-0.15, -0.1) is 0 Å². The molecule has 3 aromatic rings. The van der Waals surface area contributed by atoms with E-state index >= 15 is 0 Å². The van der Waals surface area contributed by atoms with Crippen LogP contribution >= 0.6 is 11.6 Å². The monoisotopic (exact) mass is 337 g/mol. The second-order valence-corrected chi connectivity index (χ2v) is 6.68. The average Bonchev–Trinajstić information content (AvgIpc) is 2.63. The molecule has 1 aliphatic heterocycles. The van der Waals surface area contributed by atoms with E-state index < -0.39 is 0 Å². The highest BCUT2D eigenvalue weighted by atomic mass is 35.5. The van der Waals surface area contributed by atoms with Crippen LogP contribution in [-0.4, -0.2) is 36.1 Å². The van der Waals surface area contributed by atoms with Gasteiger partial charge < -0.3 is 4.90 Å². The van der Waals surface area contributed by atoms with Gasteiger partial charge in [-0.2, -0.15) is 0 Å². The minimum Gasteiger partial charge on any atom is -0.368 e. The number of piperazine rings is 1. The van der Waals surface area contributed by atoms with Crippen molar-refractivity contribution in [2.75, 3.05) is 31.1 Å². The zero-order valence-electron chi connectivity index (χ0n) is 13.5. The molecule has 122 valence electrons. The summed E-state index contributed by atoms with van der Waals surface area (Å²) in [6.07, 6.45) is 1.89. The van der Waals surface area contributed by atoms with Gasteiger partial charge >= 0.3 is 0 Å². The molecule has 3 nitrogen and oxygen atoms in total. The summed E-state index contributed by atoms with van der Waals surface area (Å²) in [5.41, 5.74) is 3.62. The van der Waals surface area contributed by atoms with Crippen LogP contribution in [0, 0.1) is 0 Å². The molecule has 1 aromatic heterocycles. The lowest BCUT2D eigenvalue weighted by Crippen LogP contribution is -2.46. The predicted octanol–water partition coefficient (Wildman–Crippen LogP) is 4.21. The molecule has 0 aliphatic carbocycles. The maximum absolute atomic E-state index is 6.19. The van der Waals surface area contributed by atoms with E-state index in [0.717, 1.165) is 48.6 Å². The summed E-state index contributed by atoms with van der Waals surface area (Å²) in [5.74, 6) is 0. The molecule has 0 unspecified atom stereocenters. The van der Waals surface area contributed by atoms with Crippen molar-refractivity contribution in [3.8, 4) is 0 Å². The Hall–Kier alpha value is -2.10. The van der Waals surface area contributed by atoms with E-state index in [0.29, 0.717) is 0 Å². The minimum atomic E-state index is 0.763. The van der Waals surface area contributed by atoms with Crippen molar-refractivity contribution in [1.29, 1.82) is 0 Å². The van der Waals surface area contributed by atoms with Crippen molar-refractivity contribution < 1.29 is 0 Å². The third-order valence-corrected chi connectivity index (χ3v) is 4.88. The SMILES string of the molecule is Clc1ccc2nccc(N3CCN(Cc4ccccc4)CC3)c2c1. The maximum atomic E-state index is 6.19. The molecule has 1 aliphatic rings. The van der Waals surface area contributed by atoms with Crippen molar-refractivity contribution in [3.63, 3.8) is 0 Å². The van der Waals surface area contributed by atoms with Crippen LogP contribution in [-0.2, 0) is 6.54 Å². The average molecular weight is 338 g/mol. The van der Waals surface area contributed by atoms with Crippen LogP contribution < -0.4 is 4.90 Å². The normalized spacial score (nSPS) is 15.8. The number of hydrogen-bond donors (Lipinski definition) is 0. The summed E-state index contributed by atoms with van der Waals surface area (Å²) in [6.45, 7) is 5.22. The van der Waals surface area contributed by atoms with Crippen molar-refractivity contribution in [2.45, 2.75) is 6.54 Å². The van der Waals surface area contributed by atoms with Gasteiger partial charge in [0.1, 0.15) is 0 Å². The highest BCUT2D eigenvalue weighted by Gasteiger charge is 2.19. The van der Waals surface area contributed by atoms with E-state index in [1.165, 1.54) is 11.3 Å². The summed E-state index contributed by atoms with van der Waals surface area (Å²) in [5, 5.41) is 1.90. The first kappa shape index (κ1) is 15.4. The Morgan fingerprint density at radius 3 is 2.50 bits per heavy atom. The Morgan fingerprint density at radius 1 is 0.917 bits per heavy atom. The number of anilines is 1. The fourth-order valence-corrected chi connectivity index (χ4v) is 3.54. The quantitative estimate of drug-likeness (QED) is 0.713. The number of halogens is 1. The fourth-order valence-electron chi connectivity index (χ4n) is 3.37. The number of aromatic nitrogens is 1. The van der Waals surface area contributed by atoms with Gasteiger partial charge in [0.15, 0.2) is 0 Å². The lowest BCUT2D eigenvalue weighted by atomic mass is 10.1.